The molecule has 0 aromatic carbocycles. The molecular weight excluding hydrogens is 693 g/mol. The second kappa shape index (κ2) is 11.7. The lowest BCUT2D eigenvalue weighted by atomic mass is 9.39. The molecule has 1 aliphatic heterocycles. The molecule has 9 aliphatic rings. The summed E-state index contributed by atoms with van der Waals surface area (Å²) in [6.07, 6.45) is 20.6. The minimum absolute atomic E-state index is 0.00527. The van der Waals surface area contributed by atoms with Crippen LogP contribution in [-0.2, 0) is 28.7 Å². The fourth-order valence-electron chi connectivity index (χ4n) is 15.5. The molecule has 55 heavy (non-hydrogen) atoms. The van der Waals surface area contributed by atoms with Gasteiger partial charge in [0, 0.05) is 36.0 Å². The van der Waals surface area contributed by atoms with Gasteiger partial charge in [0.25, 0.3) is 0 Å². The van der Waals surface area contributed by atoms with Gasteiger partial charge in [-0.05, 0) is 137 Å². The zero-order valence-corrected chi connectivity index (χ0v) is 34.1. The van der Waals surface area contributed by atoms with Crippen molar-refractivity contribution in [3.05, 3.63) is 59.3 Å². The van der Waals surface area contributed by atoms with Crippen molar-refractivity contribution in [1.82, 2.24) is 0 Å². The topological polar surface area (TPSA) is 123 Å². The van der Waals surface area contributed by atoms with Crippen LogP contribution < -0.4 is 0 Å². The maximum Gasteiger partial charge on any atom is 0.302 e. The Hall–Kier alpha value is -3.26. The van der Waals surface area contributed by atoms with E-state index in [0.29, 0.717) is 29.1 Å². The van der Waals surface area contributed by atoms with Crippen LogP contribution in [0.5, 0.6) is 0 Å². The van der Waals surface area contributed by atoms with E-state index in [0.717, 1.165) is 64.2 Å². The minimum atomic E-state index is -0.901. The molecule has 1 saturated heterocycles. The molecule has 0 bridgehead atoms. The van der Waals surface area contributed by atoms with Gasteiger partial charge < -0.3 is 19.0 Å². The molecule has 1 N–H and O–H groups in total. The maximum atomic E-state index is 14.0. The van der Waals surface area contributed by atoms with Crippen LogP contribution in [0.3, 0.4) is 0 Å². The van der Waals surface area contributed by atoms with Gasteiger partial charge in [-0.3, -0.25) is 19.2 Å². The van der Waals surface area contributed by atoms with E-state index in [4.69, 9.17) is 13.9 Å². The molecule has 1 aromatic heterocycles. The molecule has 1 spiro atoms. The van der Waals surface area contributed by atoms with Crippen LogP contribution in [0.1, 0.15) is 138 Å². The lowest BCUT2D eigenvalue weighted by molar-refractivity contribution is -0.162. The highest BCUT2D eigenvalue weighted by Crippen LogP contribution is 2.81. The maximum absolute atomic E-state index is 14.0. The normalized spacial score (nSPS) is 48.5. The Labute approximate surface area is 325 Å². The SMILES string of the molecule is CC(=O)OC1CCC2(C)C(=CCC3C4CCC(=O)C4(C)CCC32)C1.CC1(C)C(=O)C=CC2(C)C1=C(O)C(=O)C1(C)C2CCC2(C)C(c3ccoc3)CC3OC321. The Bertz CT molecular complexity index is 1970. The summed E-state index contributed by atoms with van der Waals surface area (Å²) in [5.74, 6) is 2.02. The van der Waals surface area contributed by atoms with Crippen LogP contribution in [0.2, 0.25) is 0 Å². The number of rotatable bonds is 2. The highest BCUT2D eigenvalue weighted by molar-refractivity contribution is 6.06. The molecular formula is C47H60O8. The van der Waals surface area contributed by atoms with E-state index < -0.39 is 21.8 Å². The molecule has 0 radical (unpaired) electrons. The molecule has 0 amide bonds. The zero-order valence-electron chi connectivity index (χ0n) is 34.1. The van der Waals surface area contributed by atoms with E-state index in [9.17, 15) is 24.3 Å². The molecule has 1 aromatic rings. The number of hydrogen-bond donors (Lipinski definition) is 1. The van der Waals surface area contributed by atoms with Gasteiger partial charge in [0.15, 0.2) is 11.5 Å². The Morgan fingerprint density at radius 2 is 1.65 bits per heavy atom. The molecule has 8 heteroatoms. The summed E-state index contributed by atoms with van der Waals surface area (Å²) in [4.78, 5) is 50.5. The summed E-state index contributed by atoms with van der Waals surface area (Å²) in [5, 5.41) is 11.4. The quantitative estimate of drug-likeness (QED) is 0.180. The number of ketones is 3. The van der Waals surface area contributed by atoms with Gasteiger partial charge in [0.2, 0.25) is 5.78 Å². The first-order chi connectivity index (χ1) is 25.8. The fraction of sp³-hybridized carbons (Fsp3) is 0.702. The number of carbonyl (C=O) groups is 4. The second-order valence-electron chi connectivity index (χ2n) is 20.7. The molecule has 8 aliphatic carbocycles. The van der Waals surface area contributed by atoms with Gasteiger partial charge in [-0.1, -0.05) is 45.4 Å². The third-order valence-electron chi connectivity index (χ3n) is 18.3. The fourth-order valence-corrected chi connectivity index (χ4v) is 15.5. The summed E-state index contributed by atoms with van der Waals surface area (Å²) < 4.78 is 17.4. The molecule has 296 valence electrons. The number of aliphatic hydroxyl groups excluding tert-OH is 1. The Kier molecular flexibility index (Phi) is 7.92. The molecule has 13 unspecified atom stereocenters. The monoisotopic (exact) mass is 752 g/mol. The number of Topliss-reactive ketones (excluding diaryl/α,β-unsaturated/α-hetero) is 2. The number of hydrogen-bond acceptors (Lipinski definition) is 8. The van der Waals surface area contributed by atoms with Gasteiger partial charge in [-0.25, -0.2) is 0 Å². The van der Waals surface area contributed by atoms with Gasteiger partial charge >= 0.3 is 5.97 Å². The van der Waals surface area contributed by atoms with E-state index in [-0.39, 0.29) is 63.6 Å². The van der Waals surface area contributed by atoms with E-state index >= 15 is 0 Å². The largest absolute Gasteiger partial charge is 0.504 e. The van der Waals surface area contributed by atoms with Crippen LogP contribution in [0, 0.1) is 56.2 Å². The first-order valence-corrected chi connectivity index (χ1v) is 21.1. The van der Waals surface area contributed by atoms with Crippen molar-refractivity contribution in [2.45, 2.75) is 150 Å². The number of allylic oxidation sites excluding steroid dienone is 5. The first kappa shape index (κ1) is 37.3. The number of ether oxygens (including phenoxy) is 2. The van der Waals surface area contributed by atoms with Crippen molar-refractivity contribution in [3.63, 3.8) is 0 Å². The number of epoxide rings is 1. The molecule has 8 nitrogen and oxygen atoms in total. The lowest BCUT2D eigenvalue weighted by Crippen LogP contribution is -2.66. The number of carbonyl (C=O) groups excluding carboxylic acids is 4. The van der Waals surface area contributed by atoms with Gasteiger partial charge in [0.1, 0.15) is 17.5 Å². The van der Waals surface area contributed by atoms with Crippen molar-refractivity contribution >= 4 is 23.3 Å². The van der Waals surface area contributed by atoms with Crippen molar-refractivity contribution in [3.8, 4) is 0 Å². The van der Waals surface area contributed by atoms with Crippen LogP contribution in [0.25, 0.3) is 0 Å². The summed E-state index contributed by atoms with van der Waals surface area (Å²) in [6.45, 7) is 16.2. The Balaban J connectivity index is 0.000000149. The lowest BCUT2D eigenvalue weighted by Gasteiger charge is -2.62. The van der Waals surface area contributed by atoms with E-state index in [1.165, 1.54) is 24.5 Å². The van der Waals surface area contributed by atoms with Crippen molar-refractivity contribution in [2.24, 2.45) is 56.2 Å². The van der Waals surface area contributed by atoms with Gasteiger partial charge in [-0.15, -0.1) is 0 Å². The predicted molar refractivity (Wildman–Crippen MR) is 206 cm³/mol. The van der Waals surface area contributed by atoms with Crippen LogP contribution in [0.15, 0.2) is 58.1 Å². The third-order valence-corrected chi connectivity index (χ3v) is 18.3. The Morgan fingerprint density at radius 3 is 2.36 bits per heavy atom. The summed E-state index contributed by atoms with van der Waals surface area (Å²) in [5.41, 5.74) is 0.335. The summed E-state index contributed by atoms with van der Waals surface area (Å²) >= 11 is 0. The van der Waals surface area contributed by atoms with E-state index in [2.05, 4.69) is 33.8 Å². The number of furan rings is 1. The summed E-state index contributed by atoms with van der Waals surface area (Å²) in [7, 11) is 0. The van der Waals surface area contributed by atoms with Gasteiger partial charge in [-0.2, -0.15) is 0 Å². The average molecular weight is 753 g/mol. The van der Waals surface area contributed by atoms with E-state index in [1.54, 1.807) is 12.3 Å². The van der Waals surface area contributed by atoms with Gasteiger partial charge in [0.05, 0.1) is 29.5 Å². The molecule has 13 atom stereocenters. The van der Waals surface area contributed by atoms with Crippen molar-refractivity contribution < 1.29 is 38.2 Å². The predicted octanol–water partition coefficient (Wildman–Crippen LogP) is 9.34. The first-order valence-electron chi connectivity index (χ1n) is 21.1. The highest BCUT2D eigenvalue weighted by atomic mass is 16.6. The smallest absolute Gasteiger partial charge is 0.302 e. The number of esters is 1. The Morgan fingerprint density at radius 1 is 0.927 bits per heavy atom. The molecule has 2 heterocycles. The van der Waals surface area contributed by atoms with Crippen molar-refractivity contribution in [1.29, 1.82) is 0 Å². The summed E-state index contributed by atoms with van der Waals surface area (Å²) in [6, 6.07) is 2.03. The standard InChI is InChI=1S/C26H30O5.C21H30O3/c1-22(2)17(27)7-9-23(3)16-6-10-24(4)15(14-8-11-30-13-14)12-18-26(24,31-18)25(16,5)21(29)19(28)20(22)23;1-13(22)24-15-8-10-20(2)14(12-15)4-5-16-17-6-7-19(23)21(17,3)11-9-18(16)20/h7-9,11,13,15-16,18,28H,6,10,12H2,1-5H3;4,15-18H,5-12H2,1-3H3. The number of aliphatic hydroxyl groups is 1. The molecule has 5 saturated carbocycles. The number of fused-ring (bicyclic) bond motifs is 8. The average Bonchev–Trinajstić information content (AvgIpc) is 3.35. The highest BCUT2D eigenvalue weighted by Gasteiger charge is 2.87. The zero-order chi connectivity index (χ0) is 39.3. The third kappa shape index (κ3) is 4.55. The van der Waals surface area contributed by atoms with E-state index in [1.807, 2.05) is 39.2 Å². The van der Waals surface area contributed by atoms with Crippen LogP contribution in [-0.4, -0.2) is 46.2 Å². The molecule has 6 fully saturated rings. The van der Waals surface area contributed by atoms with Crippen LogP contribution in [0.4, 0.5) is 0 Å². The second-order valence-corrected chi connectivity index (χ2v) is 20.7. The molecule has 10 rings (SSSR count). The van der Waals surface area contributed by atoms with Crippen LogP contribution >= 0.6 is 0 Å². The van der Waals surface area contributed by atoms with Crippen molar-refractivity contribution in [2.75, 3.05) is 0 Å². The minimum Gasteiger partial charge on any atom is -0.504 e.